The predicted octanol–water partition coefficient (Wildman–Crippen LogP) is 5.87. The Kier molecular flexibility index (Phi) is 5.48. The van der Waals surface area contributed by atoms with Gasteiger partial charge in [-0.25, -0.2) is 19.3 Å². The third-order valence-electron chi connectivity index (χ3n) is 5.27. The highest BCUT2D eigenvalue weighted by molar-refractivity contribution is 6.06. The molecular weight excluding hydrogens is 462 g/mol. The molecule has 2 aromatic carbocycles. The fourth-order valence-corrected chi connectivity index (χ4v) is 3.69. The van der Waals surface area contributed by atoms with E-state index in [4.69, 9.17) is 0 Å². The van der Waals surface area contributed by atoms with Gasteiger partial charge in [0.2, 0.25) is 0 Å². The molecular formula is C25H15F4N5O. The van der Waals surface area contributed by atoms with Crippen molar-refractivity contribution in [2.24, 2.45) is 0 Å². The van der Waals surface area contributed by atoms with Crippen LogP contribution in [-0.2, 0) is 6.18 Å². The smallest absolute Gasteiger partial charge is 0.306 e. The van der Waals surface area contributed by atoms with E-state index in [1.165, 1.54) is 18.5 Å². The van der Waals surface area contributed by atoms with Gasteiger partial charge in [0.1, 0.15) is 23.0 Å². The molecule has 5 rings (SSSR count). The summed E-state index contributed by atoms with van der Waals surface area (Å²) in [4.78, 5) is 25.4. The van der Waals surface area contributed by atoms with Gasteiger partial charge in [-0.1, -0.05) is 36.4 Å². The van der Waals surface area contributed by atoms with Crippen LogP contribution in [0.5, 0.6) is 0 Å². The number of carbonyl (C=O) groups excluding carboxylic acids is 1. The topological polar surface area (TPSA) is 72.2 Å². The van der Waals surface area contributed by atoms with Gasteiger partial charge in [-0.05, 0) is 30.3 Å². The number of benzene rings is 2. The number of pyridine rings is 1. The number of halogens is 4. The number of imidazole rings is 1. The highest BCUT2D eigenvalue weighted by Crippen LogP contribution is 2.38. The highest BCUT2D eigenvalue weighted by atomic mass is 19.4. The van der Waals surface area contributed by atoms with Gasteiger partial charge in [-0.15, -0.1) is 0 Å². The van der Waals surface area contributed by atoms with Crippen molar-refractivity contribution in [3.05, 3.63) is 102 Å². The lowest BCUT2D eigenvalue weighted by atomic mass is 10.0. The van der Waals surface area contributed by atoms with E-state index >= 15 is 0 Å². The molecule has 3 aromatic heterocycles. The van der Waals surface area contributed by atoms with Gasteiger partial charge < -0.3 is 5.32 Å². The van der Waals surface area contributed by atoms with E-state index in [2.05, 4.69) is 20.3 Å². The van der Waals surface area contributed by atoms with Crippen molar-refractivity contribution in [1.29, 1.82) is 0 Å². The number of carbonyl (C=O) groups is 1. The lowest BCUT2D eigenvalue weighted by molar-refractivity contribution is -0.137. The van der Waals surface area contributed by atoms with Crippen molar-refractivity contribution in [2.75, 3.05) is 5.32 Å². The van der Waals surface area contributed by atoms with Gasteiger partial charge in [0, 0.05) is 29.7 Å². The SMILES string of the molecule is O=C(Nc1c(-c2ccccc2)nc2ccccn12)c1cc(-c2ncccn2)c(C(F)(F)F)cc1F. The maximum atomic E-state index is 14.9. The normalized spacial score (nSPS) is 11.5. The average molecular weight is 477 g/mol. The number of rotatable bonds is 4. The summed E-state index contributed by atoms with van der Waals surface area (Å²) in [6, 6.07) is 16.8. The summed E-state index contributed by atoms with van der Waals surface area (Å²) in [5, 5.41) is 2.63. The van der Waals surface area contributed by atoms with E-state index < -0.39 is 34.6 Å². The Morgan fingerprint density at radius 2 is 1.63 bits per heavy atom. The van der Waals surface area contributed by atoms with Crippen LogP contribution in [0.1, 0.15) is 15.9 Å². The molecule has 5 aromatic rings. The number of amides is 1. The van der Waals surface area contributed by atoms with E-state index in [-0.39, 0.29) is 17.7 Å². The second kappa shape index (κ2) is 8.64. The van der Waals surface area contributed by atoms with Crippen LogP contribution in [0.15, 0.2) is 85.3 Å². The Balaban J connectivity index is 1.62. The van der Waals surface area contributed by atoms with E-state index in [1.54, 1.807) is 53.1 Å². The van der Waals surface area contributed by atoms with E-state index in [9.17, 15) is 22.4 Å². The molecule has 3 heterocycles. The summed E-state index contributed by atoms with van der Waals surface area (Å²) in [6.45, 7) is 0. The molecule has 0 aliphatic rings. The van der Waals surface area contributed by atoms with Crippen LogP contribution in [0.4, 0.5) is 23.4 Å². The summed E-state index contributed by atoms with van der Waals surface area (Å²) in [5.74, 6) is -2.32. The maximum absolute atomic E-state index is 14.9. The number of alkyl halides is 3. The van der Waals surface area contributed by atoms with Gasteiger partial charge in [0.05, 0.1) is 11.1 Å². The quantitative estimate of drug-likeness (QED) is 0.329. The Labute approximate surface area is 195 Å². The van der Waals surface area contributed by atoms with Crippen LogP contribution < -0.4 is 5.32 Å². The molecule has 6 nitrogen and oxygen atoms in total. The zero-order valence-electron chi connectivity index (χ0n) is 17.8. The monoisotopic (exact) mass is 477 g/mol. The molecule has 0 spiro atoms. The lowest BCUT2D eigenvalue weighted by Gasteiger charge is -2.15. The Morgan fingerprint density at radius 3 is 2.34 bits per heavy atom. The lowest BCUT2D eigenvalue weighted by Crippen LogP contribution is -2.18. The number of hydrogen-bond acceptors (Lipinski definition) is 4. The fraction of sp³-hybridized carbons (Fsp3) is 0.0400. The van der Waals surface area contributed by atoms with Crippen LogP contribution in [0.3, 0.4) is 0 Å². The molecule has 0 saturated heterocycles. The summed E-state index contributed by atoms with van der Waals surface area (Å²) < 4.78 is 57.4. The molecule has 0 saturated carbocycles. The Morgan fingerprint density at radius 1 is 0.914 bits per heavy atom. The third-order valence-corrected chi connectivity index (χ3v) is 5.27. The van der Waals surface area contributed by atoms with Crippen LogP contribution in [0, 0.1) is 5.82 Å². The summed E-state index contributed by atoms with van der Waals surface area (Å²) in [7, 11) is 0. The summed E-state index contributed by atoms with van der Waals surface area (Å²) in [6.07, 6.45) is -0.699. The van der Waals surface area contributed by atoms with Crippen LogP contribution >= 0.6 is 0 Å². The minimum Gasteiger partial charge on any atom is -0.306 e. The first-order valence-electron chi connectivity index (χ1n) is 10.3. The standard InChI is InChI=1S/C25H15F4N5O/c26-19-14-18(25(27,28)29)16(22-30-10-6-11-31-22)13-17(19)24(35)33-23-21(15-7-2-1-3-8-15)32-20-9-4-5-12-34(20)23/h1-14H,(H,33,35). The Hall–Kier alpha value is -4.60. The van der Waals surface area contributed by atoms with Gasteiger partial charge >= 0.3 is 6.18 Å². The van der Waals surface area contributed by atoms with Crippen LogP contribution in [-0.4, -0.2) is 25.3 Å². The van der Waals surface area contributed by atoms with Crippen molar-refractivity contribution in [2.45, 2.75) is 6.18 Å². The van der Waals surface area contributed by atoms with Crippen molar-refractivity contribution >= 4 is 17.4 Å². The van der Waals surface area contributed by atoms with E-state index in [0.717, 1.165) is 6.07 Å². The zero-order valence-corrected chi connectivity index (χ0v) is 17.8. The first-order chi connectivity index (χ1) is 16.8. The largest absolute Gasteiger partial charge is 0.417 e. The number of anilines is 1. The van der Waals surface area contributed by atoms with Crippen LogP contribution in [0.25, 0.3) is 28.3 Å². The minimum absolute atomic E-state index is 0.244. The van der Waals surface area contributed by atoms with Crippen molar-refractivity contribution in [1.82, 2.24) is 19.4 Å². The minimum atomic E-state index is -4.88. The average Bonchev–Trinajstić information content (AvgIpc) is 3.22. The molecule has 10 heteroatoms. The first-order valence-corrected chi connectivity index (χ1v) is 10.3. The molecule has 0 fully saturated rings. The molecule has 35 heavy (non-hydrogen) atoms. The van der Waals surface area contributed by atoms with Gasteiger partial charge in [0.25, 0.3) is 5.91 Å². The number of nitrogens with zero attached hydrogens (tertiary/aromatic N) is 4. The molecule has 1 amide bonds. The van der Waals surface area contributed by atoms with Gasteiger partial charge in [-0.3, -0.25) is 9.20 Å². The van der Waals surface area contributed by atoms with Crippen molar-refractivity contribution < 1.29 is 22.4 Å². The fourth-order valence-electron chi connectivity index (χ4n) is 3.69. The summed E-state index contributed by atoms with van der Waals surface area (Å²) >= 11 is 0. The number of aromatic nitrogens is 4. The van der Waals surface area contributed by atoms with Gasteiger partial charge in [-0.2, -0.15) is 13.2 Å². The molecule has 0 aliphatic heterocycles. The van der Waals surface area contributed by atoms with Crippen molar-refractivity contribution in [3.8, 4) is 22.6 Å². The zero-order chi connectivity index (χ0) is 24.6. The third kappa shape index (κ3) is 4.21. The van der Waals surface area contributed by atoms with E-state index in [0.29, 0.717) is 16.9 Å². The molecule has 0 unspecified atom stereocenters. The summed E-state index contributed by atoms with van der Waals surface area (Å²) in [5.41, 5.74) is -0.747. The number of nitrogens with one attached hydrogen (secondary N) is 1. The molecule has 0 aliphatic carbocycles. The van der Waals surface area contributed by atoms with Gasteiger partial charge in [0.15, 0.2) is 5.82 Å². The molecule has 174 valence electrons. The Bertz CT molecular complexity index is 1530. The second-order valence-electron chi connectivity index (χ2n) is 7.51. The van der Waals surface area contributed by atoms with Crippen molar-refractivity contribution in [3.63, 3.8) is 0 Å². The first kappa shape index (κ1) is 22.2. The maximum Gasteiger partial charge on any atom is 0.417 e. The molecule has 0 atom stereocenters. The molecule has 0 bridgehead atoms. The number of fused-ring (bicyclic) bond motifs is 1. The molecule has 1 N–H and O–H groups in total. The second-order valence-corrected chi connectivity index (χ2v) is 7.51. The van der Waals surface area contributed by atoms with Crippen LogP contribution in [0.2, 0.25) is 0 Å². The number of hydrogen-bond donors (Lipinski definition) is 1. The molecule has 0 radical (unpaired) electrons. The van der Waals surface area contributed by atoms with E-state index in [1.807, 2.05) is 6.07 Å². The predicted molar refractivity (Wildman–Crippen MR) is 121 cm³/mol. The highest BCUT2D eigenvalue weighted by Gasteiger charge is 2.36.